The highest BCUT2D eigenvalue weighted by Gasteiger charge is 2.15. The monoisotopic (exact) mass is 535 g/mol. The molecule has 2 N–H and O–H groups in total. The van der Waals surface area contributed by atoms with Crippen LogP contribution < -0.4 is 20.1 Å². The van der Waals surface area contributed by atoms with Gasteiger partial charge in [0, 0.05) is 24.9 Å². The number of ether oxygens (including phenoxy) is 2. The largest absolute Gasteiger partial charge is 0.490 e. The number of para-hydroxylation sites is 1. The van der Waals surface area contributed by atoms with Gasteiger partial charge in [0.1, 0.15) is 9.84 Å². The number of rotatable bonds is 11. The van der Waals surface area contributed by atoms with Crippen molar-refractivity contribution in [1.29, 1.82) is 0 Å². The van der Waals surface area contributed by atoms with Crippen molar-refractivity contribution in [3.05, 3.63) is 23.8 Å². The Balaban J connectivity index is 0.00000729. The highest BCUT2D eigenvalue weighted by molar-refractivity contribution is 14.0. The third-order valence-electron chi connectivity index (χ3n) is 3.30. The first-order valence-electron chi connectivity index (χ1n) is 8.66. The molecule has 0 bridgehead atoms. The van der Waals surface area contributed by atoms with Gasteiger partial charge >= 0.3 is 6.61 Å². The maximum Gasteiger partial charge on any atom is 0.387 e. The lowest BCUT2D eigenvalue weighted by molar-refractivity contribution is -0.0520. The number of nitrogens with zero attached hydrogens (tertiary/aromatic N) is 1. The predicted molar refractivity (Wildman–Crippen MR) is 117 cm³/mol. The molecule has 7 nitrogen and oxygen atoms in total. The van der Waals surface area contributed by atoms with Crippen molar-refractivity contribution in [2.75, 3.05) is 31.7 Å². The lowest BCUT2D eigenvalue weighted by Gasteiger charge is -2.15. The molecule has 0 atom stereocenters. The molecule has 28 heavy (non-hydrogen) atoms. The van der Waals surface area contributed by atoms with Gasteiger partial charge in [0.05, 0.1) is 18.9 Å². The van der Waals surface area contributed by atoms with E-state index in [9.17, 15) is 17.2 Å². The zero-order valence-corrected chi connectivity index (χ0v) is 19.4. The first-order valence-corrected chi connectivity index (χ1v) is 10.7. The van der Waals surface area contributed by atoms with Crippen LogP contribution in [-0.4, -0.2) is 52.7 Å². The summed E-state index contributed by atoms with van der Waals surface area (Å²) < 4.78 is 57.8. The van der Waals surface area contributed by atoms with Crippen LogP contribution in [-0.2, 0) is 16.4 Å². The Morgan fingerprint density at radius 3 is 2.54 bits per heavy atom. The van der Waals surface area contributed by atoms with Crippen molar-refractivity contribution in [1.82, 2.24) is 10.6 Å². The summed E-state index contributed by atoms with van der Waals surface area (Å²) in [6, 6.07) is 4.88. The van der Waals surface area contributed by atoms with Gasteiger partial charge in [0.15, 0.2) is 17.5 Å². The molecule has 0 aromatic heterocycles. The van der Waals surface area contributed by atoms with Gasteiger partial charge in [-0.2, -0.15) is 8.78 Å². The molecule has 1 aromatic rings. The predicted octanol–water partition coefficient (Wildman–Crippen LogP) is 2.79. The summed E-state index contributed by atoms with van der Waals surface area (Å²) >= 11 is 0. The molecule has 0 saturated carbocycles. The van der Waals surface area contributed by atoms with E-state index in [-0.39, 0.29) is 47.8 Å². The molecule has 0 amide bonds. The summed E-state index contributed by atoms with van der Waals surface area (Å²) in [6.45, 7) is 2.07. The summed E-state index contributed by atoms with van der Waals surface area (Å²) in [7, 11) is -3.02. The summed E-state index contributed by atoms with van der Waals surface area (Å²) in [4.78, 5) is 4.35. The van der Waals surface area contributed by atoms with E-state index in [1.54, 1.807) is 25.1 Å². The Morgan fingerprint density at radius 2 is 1.96 bits per heavy atom. The second-order valence-electron chi connectivity index (χ2n) is 5.66. The van der Waals surface area contributed by atoms with Gasteiger partial charge in [-0.05, 0) is 26.3 Å². The van der Waals surface area contributed by atoms with Crippen LogP contribution in [0.25, 0.3) is 0 Å². The Labute approximate surface area is 182 Å². The van der Waals surface area contributed by atoms with E-state index in [1.165, 1.54) is 6.26 Å². The molecule has 0 spiro atoms. The van der Waals surface area contributed by atoms with E-state index in [0.717, 1.165) is 0 Å². The number of halogens is 3. The van der Waals surface area contributed by atoms with Crippen LogP contribution in [0.3, 0.4) is 0 Å². The number of hydrogen-bond acceptors (Lipinski definition) is 5. The molecule has 0 unspecified atom stereocenters. The number of aliphatic imine (C=N–C) groups is 1. The topological polar surface area (TPSA) is 89.0 Å². The number of sulfone groups is 1. The maximum atomic E-state index is 12.8. The van der Waals surface area contributed by atoms with E-state index < -0.39 is 16.4 Å². The molecule has 162 valence electrons. The first kappa shape index (κ1) is 26.6. The van der Waals surface area contributed by atoms with Crippen molar-refractivity contribution >= 4 is 39.8 Å². The SMILES string of the molecule is CCNC(=NCc1cccc(OCC)c1OC(F)F)NCCCS(C)(=O)=O.I. The minimum absolute atomic E-state index is 0. The van der Waals surface area contributed by atoms with E-state index in [1.807, 2.05) is 6.92 Å². The maximum absolute atomic E-state index is 12.8. The molecule has 1 rings (SSSR count). The minimum atomic E-state index is -3.02. The molecule has 0 radical (unpaired) electrons. The zero-order valence-electron chi connectivity index (χ0n) is 16.2. The minimum Gasteiger partial charge on any atom is -0.490 e. The smallest absolute Gasteiger partial charge is 0.387 e. The number of benzene rings is 1. The van der Waals surface area contributed by atoms with E-state index in [4.69, 9.17) is 4.74 Å². The van der Waals surface area contributed by atoms with Crippen molar-refractivity contribution in [2.45, 2.75) is 33.4 Å². The average Bonchev–Trinajstić information content (AvgIpc) is 2.57. The van der Waals surface area contributed by atoms with Crippen LogP contribution >= 0.6 is 24.0 Å². The summed E-state index contributed by atoms with van der Waals surface area (Å²) in [5.74, 6) is 0.723. The fraction of sp³-hybridized carbons (Fsp3) is 0.588. The number of guanidine groups is 1. The number of nitrogens with one attached hydrogen (secondary N) is 2. The van der Waals surface area contributed by atoms with E-state index in [2.05, 4.69) is 20.4 Å². The van der Waals surface area contributed by atoms with Gasteiger partial charge in [-0.25, -0.2) is 13.4 Å². The van der Waals surface area contributed by atoms with Gasteiger partial charge in [0.2, 0.25) is 0 Å². The lowest BCUT2D eigenvalue weighted by atomic mass is 10.2. The highest BCUT2D eigenvalue weighted by atomic mass is 127. The van der Waals surface area contributed by atoms with Crippen LogP contribution in [0.1, 0.15) is 25.8 Å². The fourth-order valence-electron chi connectivity index (χ4n) is 2.22. The molecule has 0 aliphatic rings. The van der Waals surface area contributed by atoms with Crippen LogP contribution in [0.4, 0.5) is 8.78 Å². The van der Waals surface area contributed by atoms with Crippen molar-refractivity contribution in [3.8, 4) is 11.5 Å². The molecule has 0 saturated heterocycles. The van der Waals surface area contributed by atoms with Gasteiger partial charge < -0.3 is 20.1 Å². The molecule has 1 aromatic carbocycles. The normalized spacial score (nSPS) is 11.7. The molecule has 0 heterocycles. The Hall–Kier alpha value is -1.37. The van der Waals surface area contributed by atoms with Crippen LogP contribution in [0, 0.1) is 0 Å². The van der Waals surface area contributed by atoms with Gasteiger partial charge in [0.25, 0.3) is 0 Å². The van der Waals surface area contributed by atoms with Crippen LogP contribution in [0.15, 0.2) is 23.2 Å². The molecule has 0 aliphatic heterocycles. The summed E-state index contributed by atoms with van der Waals surface area (Å²) in [5, 5.41) is 6.04. The second kappa shape index (κ2) is 13.7. The molecule has 11 heteroatoms. The van der Waals surface area contributed by atoms with Gasteiger partial charge in [-0.1, -0.05) is 12.1 Å². The first-order chi connectivity index (χ1) is 12.8. The molecule has 0 aliphatic carbocycles. The summed E-state index contributed by atoms with van der Waals surface area (Å²) in [6.07, 6.45) is 1.62. The van der Waals surface area contributed by atoms with Gasteiger partial charge in [-0.3, -0.25) is 0 Å². The lowest BCUT2D eigenvalue weighted by Crippen LogP contribution is -2.38. The number of hydrogen-bond donors (Lipinski definition) is 2. The van der Waals surface area contributed by atoms with Gasteiger partial charge in [-0.15, -0.1) is 24.0 Å². The molecular formula is C17H28F2IN3O4S. The molecule has 0 fully saturated rings. The number of alkyl halides is 2. The highest BCUT2D eigenvalue weighted by Crippen LogP contribution is 2.33. The van der Waals surface area contributed by atoms with Crippen molar-refractivity contribution in [3.63, 3.8) is 0 Å². The zero-order chi connectivity index (χ0) is 20.3. The Kier molecular flexibility index (Phi) is 13.1. The van der Waals surface area contributed by atoms with Crippen LogP contribution in [0.2, 0.25) is 0 Å². The van der Waals surface area contributed by atoms with E-state index in [0.29, 0.717) is 37.6 Å². The summed E-state index contributed by atoms with van der Waals surface area (Å²) in [5.41, 5.74) is 0.453. The van der Waals surface area contributed by atoms with Crippen LogP contribution in [0.5, 0.6) is 11.5 Å². The Morgan fingerprint density at radius 1 is 1.25 bits per heavy atom. The Bertz CT molecular complexity index is 718. The third-order valence-corrected chi connectivity index (χ3v) is 4.33. The van der Waals surface area contributed by atoms with E-state index >= 15 is 0 Å². The second-order valence-corrected chi connectivity index (χ2v) is 7.92. The fourth-order valence-corrected chi connectivity index (χ4v) is 2.89. The standard InChI is InChI=1S/C17H27F2N3O4S.HI/c1-4-20-17(21-10-7-11-27(3,23)24)22-12-13-8-6-9-14(25-5-2)15(13)26-16(18)19;/h6,8-9,16H,4-5,7,10-12H2,1-3H3,(H2,20,21,22);1H. The van der Waals surface area contributed by atoms with Crippen molar-refractivity contribution < 1.29 is 26.7 Å². The quantitative estimate of drug-likeness (QED) is 0.196. The molecular weight excluding hydrogens is 507 g/mol. The third kappa shape index (κ3) is 10.8. The van der Waals surface area contributed by atoms with Crippen molar-refractivity contribution in [2.24, 2.45) is 4.99 Å². The average molecular weight is 535 g/mol.